The normalized spacial score (nSPS) is 12.2. The van der Waals surface area contributed by atoms with E-state index in [0.29, 0.717) is 10.0 Å². The van der Waals surface area contributed by atoms with Gasteiger partial charge < -0.3 is 9.30 Å². The molecule has 0 radical (unpaired) electrons. The second-order valence-corrected chi connectivity index (χ2v) is 4.87. The van der Waals surface area contributed by atoms with Crippen LogP contribution in [0.4, 0.5) is 17.6 Å². The average Bonchev–Trinajstić information content (AvgIpc) is 2.30. The molecule has 0 unspecified atom stereocenters. The van der Waals surface area contributed by atoms with Crippen molar-refractivity contribution < 1.29 is 22.3 Å². The molecular weight excluding hydrogens is 334 g/mol. The van der Waals surface area contributed by atoms with Gasteiger partial charge in [0, 0.05) is 22.8 Å². The summed E-state index contributed by atoms with van der Waals surface area (Å²) in [5.74, 6) is -4.17. The molecule has 0 fully saturated rings. The molecule has 1 heterocycles. The van der Waals surface area contributed by atoms with Crippen LogP contribution < -0.4 is 5.56 Å². The number of rotatable bonds is 6. The molecule has 0 aliphatic rings. The minimum Gasteiger partial charge on any atom is -0.373 e. The molecule has 1 aromatic heterocycles. The second-order valence-electron chi connectivity index (χ2n) is 3.95. The summed E-state index contributed by atoms with van der Waals surface area (Å²) < 4.78 is 55.2. The van der Waals surface area contributed by atoms with Gasteiger partial charge in [-0.25, -0.2) is 8.78 Å². The molecule has 1 aromatic rings. The van der Waals surface area contributed by atoms with Crippen molar-refractivity contribution >= 4 is 15.9 Å². The highest BCUT2D eigenvalue weighted by Crippen LogP contribution is 2.22. The lowest BCUT2D eigenvalue weighted by Gasteiger charge is -2.15. The van der Waals surface area contributed by atoms with Gasteiger partial charge in [0.25, 0.3) is 5.56 Å². The Labute approximate surface area is 115 Å². The monoisotopic (exact) mass is 345 g/mol. The van der Waals surface area contributed by atoms with Gasteiger partial charge in [0.05, 0.1) is 6.61 Å². The molecule has 0 amide bonds. The summed E-state index contributed by atoms with van der Waals surface area (Å²) in [6.07, 6.45) is -2.28. The van der Waals surface area contributed by atoms with Gasteiger partial charge in [-0.2, -0.15) is 8.78 Å². The third kappa shape index (κ3) is 4.61. The van der Waals surface area contributed by atoms with Crippen LogP contribution in [0.1, 0.15) is 5.56 Å². The van der Waals surface area contributed by atoms with Crippen LogP contribution in [-0.2, 0) is 11.3 Å². The van der Waals surface area contributed by atoms with Gasteiger partial charge in [-0.3, -0.25) is 4.79 Å². The van der Waals surface area contributed by atoms with E-state index in [1.54, 1.807) is 13.0 Å². The fourth-order valence-electron chi connectivity index (χ4n) is 1.34. The Morgan fingerprint density at radius 3 is 2.68 bits per heavy atom. The molecule has 3 nitrogen and oxygen atoms in total. The van der Waals surface area contributed by atoms with E-state index in [1.807, 2.05) is 0 Å². The second kappa shape index (κ2) is 6.51. The third-order valence-electron chi connectivity index (χ3n) is 2.32. The molecule has 0 aliphatic heterocycles. The summed E-state index contributed by atoms with van der Waals surface area (Å²) in [7, 11) is 0. The van der Waals surface area contributed by atoms with E-state index >= 15 is 0 Å². The lowest BCUT2D eigenvalue weighted by molar-refractivity contribution is -0.166. The van der Waals surface area contributed by atoms with Crippen LogP contribution in [-0.4, -0.2) is 30.1 Å². The van der Waals surface area contributed by atoms with E-state index in [4.69, 9.17) is 0 Å². The summed E-state index contributed by atoms with van der Waals surface area (Å²) >= 11 is 3.19. The topological polar surface area (TPSA) is 31.2 Å². The zero-order valence-corrected chi connectivity index (χ0v) is 11.6. The Kier molecular flexibility index (Phi) is 5.54. The SMILES string of the molecule is Cc1cc(Br)cn(CCOCC(F)(F)C(F)F)c1=O. The predicted octanol–water partition coefficient (Wildman–Crippen LogP) is 2.84. The van der Waals surface area contributed by atoms with Crippen LogP contribution >= 0.6 is 15.9 Å². The number of aromatic nitrogens is 1. The highest BCUT2D eigenvalue weighted by Gasteiger charge is 2.40. The van der Waals surface area contributed by atoms with Crippen LogP contribution in [0.3, 0.4) is 0 Å². The van der Waals surface area contributed by atoms with Crippen LogP contribution in [0.15, 0.2) is 21.5 Å². The van der Waals surface area contributed by atoms with Crippen LogP contribution in [0.5, 0.6) is 0 Å². The maximum Gasteiger partial charge on any atom is 0.330 e. The number of ether oxygens (including phenoxy) is 1. The number of aryl methyl sites for hydroxylation is 1. The Balaban J connectivity index is 2.53. The van der Waals surface area contributed by atoms with Gasteiger partial charge in [0.2, 0.25) is 0 Å². The summed E-state index contributed by atoms with van der Waals surface area (Å²) in [6.45, 7) is -0.00165. The van der Waals surface area contributed by atoms with Crippen LogP contribution in [0.2, 0.25) is 0 Å². The predicted molar refractivity (Wildman–Crippen MR) is 64.9 cm³/mol. The molecular formula is C11H12BrF4NO2. The number of nitrogens with zero attached hydrogens (tertiary/aromatic N) is 1. The summed E-state index contributed by atoms with van der Waals surface area (Å²) in [6, 6.07) is 1.62. The quantitative estimate of drug-likeness (QED) is 0.586. The standard InChI is InChI=1S/C11H12BrF4NO2/c1-7-4-8(12)5-17(9(7)18)2-3-19-6-11(15,16)10(13)14/h4-5,10H,2-3,6H2,1H3. The highest BCUT2D eigenvalue weighted by molar-refractivity contribution is 9.10. The first-order chi connectivity index (χ1) is 8.74. The Morgan fingerprint density at radius 1 is 1.47 bits per heavy atom. The van der Waals surface area contributed by atoms with Crippen molar-refractivity contribution in [2.75, 3.05) is 13.2 Å². The van der Waals surface area contributed by atoms with Crippen molar-refractivity contribution in [3.8, 4) is 0 Å². The van der Waals surface area contributed by atoms with Crippen molar-refractivity contribution in [1.82, 2.24) is 4.57 Å². The zero-order chi connectivity index (χ0) is 14.6. The molecule has 0 saturated heterocycles. The zero-order valence-electron chi connectivity index (χ0n) is 10.0. The van der Waals surface area contributed by atoms with Crippen molar-refractivity contribution in [1.29, 1.82) is 0 Å². The molecule has 0 bridgehead atoms. The number of halogens is 5. The fourth-order valence-corrected chi connectivity index (χ4v) is 1.93. The third-order valence-corrected chi connectivity index (χ3v) is 2.76. The summed E-state index contributed by atoms with van der Waals surface area (Å²) in [5, 5.41) is 0. The van der Waals surface area contributed by atoms with Crippen molar-refractivity contribution in [3.05, 3.63) is 32.7 Å². The van der Waals surface area contributed by atoms with Crippen molar-refractivity contribution in [2.24, 2.45) is 0 Å². The molecule has 19 heavy (non-hydrogen) atoms. The van der Waals surface area contributed by atoms with Crippen LogP contribution in [0.25, 0.3) is 0 Å². The first kappa shape index (κ1) is 16.2. The number of hydrogen-bond acceptors (Lipinski definition) is 2. The van der Waals surface area contributed by atoms with E-state index in [-0.39, 0.29) is 18.7 Å². The molecule has 0 aliphatic carbocycles. The van der Waals surface area contributed by atoms with Gasteiger partial charge in [0.15, 0.2) is 0 Å². The van der Waals surface area contributed by atoms with E-state index in [1.165, 1.54) is 10.8 Å². The molecule has 0 aromatic carbocycles. The molecule has 1 rings (SSSR count). The van der Waals surface area contributed by atoms with Gasteiger partial charge in [-0.1, -0.05) is 0 Å². The first-order valence-electron chi connectivity index (χ1n) is 5.34. The lowest BCUT2D eigenvalue weighted by Crippen LogP contribution is -2.33. The van der Waals surface area contributed by atoms with E-state index in [0.717, 1.165) is 0 Å². The van der Waals surface area contributed by atoms with Crippen LogP contribution in [0, 0.1) is 6.92 Å². The van der Waals surface area contributed by atoms with Crippen molar-refractivity contribution in [2.45, 2.75) is 25.8 Å². The molecule has 0 saturated carbocycles. The maximum absolute atomic E-state index is 12.5. The Morgan fingerprint density at radius 2 is 2.11 bits per heavy atom. The first-order valence-corrected chi connectivity index (χ1v) is 6.13. The highest BCUT2D eigenvalue weighted by atomic mass is 79.9. The molecule has 0 atom stereocenters. The Bertz CT molecular complexity index is 490. The van der Waals surface area contributed by atoms with Gasteiger partial charge in [-0.15, -0.1) is 0 Å². The smallest absolute Gasteiger partial charge is 0.330 e. The molecule has 8 heteroatoms. The van der Waals surface area contributed by atoms with E-state index < -0.39 is 19.0 Å². The van der Waals surface area contributed by atoms with Crippen molar-refractivity contribution in [3.63, 3.8) is 0 Å². The van der Waals surface area contributed by atoms with Gasteiger partial charge in [0.1, 0.15) is 6.61 Å². The van der Waals surface area contributed by atoms with Gasteiger partial charge in [-0.05, 0) is 28.9 Å². The fraction of sp³-hybridized carbons (Fsp3) is 0.545. The van der Waals surface area contributed by atoms with E-state index in [9.17, 15) is 22.4 Å². The van der Waals surface area contributed by atoms with Gasteiger partial charge >= 0.3 is 12.3 Å². The Hall–Kier alpha value is -0.890. The molecule has 108 valence electrons. The maximum atomic E-state index is 12.5. The minimum atomic E-state index is -4.17. The summed E-state index contributed by atoms with van der Waals surface area (Å²) in [4.78, 5) is 11.6. The van der Waals surface area contributed by atoms with E-state index in [2.05, 4.69) is 20.7 Å². The minimum absolute atomic E-state index is 0.0123. The largest absolute Gasteiger partial charge is 0.373 e. The number of pyridine rings is 1. The number of hydrogen-bond donors (Lipinski definition) is 0. The lowest BCUT2D eigenvalue weighted by atomic mass is 10.3. The molecule has 0 spiro atoms. The summed E-state index contributed by atoms with van der Waals surface area (Å²) in [5.41, 5.74) is 0.194. The number of alkyl halides is 4. The average molecular weight is 346 g/mol. The molecule has 0 N–H and O–H groups in total.